The van der Waals surface area contributed by atoms with Crippen molar-refractivity contribution in [1.29, 1.82) is 0 Å². The number of carbonyl (C=O) groups excluding carboxylic acids is 1. The van der Waals surface area contributed by atoms with Crippen molar-refractivity contribution in [2.75, 3.05) is 13.1 Å². The summed E-state index contributed by atoms with van der Waals surface area (Å²) in [5.41, 5.74) is 0.952. The standard InChI is InChI=1S/C18H27N3O4/c22-17(23)21-16-10-5-4-9-15(16)19-11-6-12-20-18(24)25-13-14-7-2-1-3-8-14/h1-3,7-8,15-16,19,21H,4-6,9-13H2,(H,20,24)(H,22,23). The molecule has 0 radical (unpaired) electrons. The van der Waals surface area contributed by atoms with Crippen LogP contribution in [0.3, 0.4) is 0 Å². The smallest absolute Gasteiger partial charge is 0.407 e. The lowest BCUT2D eigenvalue weighted by Crippen LogP contribution is -2.51. The third-order valence-electron chi connectivity index (χ3n) is 4.32. The first-order chi connectivity index (χ1) is 12.1. The molecule has 7 heteroatoms. The lowest BCUT2D eigenvalue weighted by Gasteiger charge is -2.32. The molecule has 0 heterocycles. The number of rotatable bonds is 8. The van der Waals surface area contributed by atoms with E-state index in [-0.39, 0.29) is 18.7 Å². The van der Waals surface area contributed by atoms with Crippen molar-refractivity contribution < 1.29 is 19.4 Å². The molecule has 0 aromatic heterocycles. The molecule has 1 aliphatic rings. The summed E-state index contributed by atoms with van der Waals surface area (Å²) in [5.74, 6) is 0. The zero-order valence-electron chi connectivity index (χ0n) is 14.4. The van der Waals surface area contributed by atoms with Gasteiger partial charge in [-0.3, -0.25) is 0 Å². The minimum Gasteiger partial charge on any atom is -0.465 e. The van der Waals surface area contributed by atoms with E-state index in [9.17, 15) is 9.59 Å². The van der Waals surface area contributed by atoms with Crippen LogP contribution in [0.1, 0.15) is 37.7 Å². The fourth-order valence-electron chi connectivity index (χ4n) is 3.05. The monoisotopic (exact) mass is 349 g/mol. The van der Waals surface area contributed by atoms with Gasteiger partial charge in [-0.1, -0.05) is 43.2 Å². The van der Waals surface area contributed by atoms with Gasteiger partial charge in [0.15, 0.2) is 0 Å². The van der Waals surface area contributed by atoms with Gasteiger partial charge in [0.1, 0.15) is 6.61 Å². The van der Waals surface area contributed by atoms with Crippen molar-refractivity contribution in [1.82, 2.24) is 16.0 Å². The minimum atomic E-state index is -0.971. The van der Waals surface area contributed by atoms with Crippen LogP contribution in [-0.2, 0) is 11.3 Å². The Labute approximate surface area is 148 Å². The predicted octanol–water partition coefficient (Wildman–Crippen LogP) is 2.47. The van der Waals surface area contributed by atoms with E-state index in [1.807, 2.05) is 30.3 Å². The topological polar surface area (TPSA) is 99.7 Å². The highest BCUT2D eigenvalue weighted by Gasteiger charge is 2.25. The third-order valence-corrected chi connectivity index (χ3v) is 4.32. The average molecular weight is 349 g/mol. The summed E-state index contributed by atoms with van der Waals surface area (Å²) < 4.78 is 5.14. The first-order valence-electron chi connectivity index (χ1n) is 8.82. The number of nitrogens with one attached hydrogen (secondary N) is 3. The van der Waals surface area contributed by atoms with Crippen LogP contribution in [0.5, 0.6) is 0 Å². The van der Waals surface area contributed by atoms with E-state index in [2.05, 4.69) is 16.0 Å². The Balaban J connectivity index is 1.56. The van der Waals surface area contributed by atoms with Gasteiger partial charge in [0, 0.05) is 18.6 Å². The van der Waals surface area contributed by atoms with Gasteiger partial charge in [-0.25, -0.2) is 9.59 Å². The van der Waals surface area contributed by atoms with Crippen LogP contribution < -0.4 is 16.0 Å². The predicted molar refractivity (Wildman–Crippen MR) is 94.5 cm³/mol. The second-order valence-corrected chi connectivity index (χ2v) is 6.24. The van der Waals surface area contributed by atoms with Gasteiger partial charge >= 0.3 is 12.2 Å². The van der Waals surface area contributed by atoms with Gasteiger partial charge in [0.05, 0.1) is 0 Å². The summed E-state index contributed by atoms with van der Waals surface area (Å²) in [6.07, 6.45) is 3.37. The van der Waals surface area contributed by atoms with E-state index in [4.69, 9.17) is 9.84 Å². The van der Waals surface area contributed by atoms with Crippen molar-refractivity contribution in [3.8, 4) is 0 Å². The first kappa shape index (κ1) is 19.1. The molecule has 7 nitrogen and oxygen atoms in total. The van der Waals surface area contributed by atoms with E-state index in [1.165, 1.54) is 0 Å². The summed E-state index contributed by atoms with van der Waals surface area (Å²) in [7, 11) is 0. The number of alkyl carbamates (subject to hydrolysis) is 1. The van der Waals surface area contributed by atoms with Gasteiger partial charge in [0.25, 0.3) is 0 Å². The number of hydrogen-bond acceptors (Lipinski definition) is 4. The minimum absolute atomic E-state index is 0.0324. The lowest BCUT2D eigenvalue weighted by atomic mass is 9.90. The number of carbonyl (C=O) groups is 2. The zero-order chi connectivity index (χ0) is 17.9. The molecular weight excluding hydrogens is 322 g/mol. The van der Waals surface area contributed by atoms with Gasteiger partial charge in [-0.2, -0.15) is 0 Å². The molecule has 1 aromatic carbocycles. The molecule has 0 spiro atoms. The van der Waals surface area contributed by atoms with Crippen LogP contribution in [0.25, 0.3) is 0 Å². The van der Waals surface area contributed by atoms with E-state index >= 15 is 0 Å². The maximum absolute atomic E-state index is 11.6. The van der Waals surface area contributed by atoms with Gasteiger partial charge in [0.2, 0.25) is 0 Å². The maximum Gasteiger partial charge on any atom is 0.407 e. The maximum atomic E-state index is 11.6. The Morgan fingerprint density at radius 1 is 1.08 bits per heavy atom. The molecule has 1 aromatic rings. The molecule has 2 rings (SSSR count). The SMILES string of the molecule is O=C(O)NC1CCCCC1NCCCNC(=O)OCc1ccccc1. The van der Waals surface area contributed by atoms with Crippen molar-refractivity contribution in [2.45, 2.75) is 50.8 Å². The third kappa shape index (κ3) is 7.43. The van der Waals surface area contributed by atoms with Crippen LogP contribution in [0.2, 0.25) is 0 Å². The molecule has 2 unspecified atom stereocenters. The van der Waals surface area contributed by atoms with Crippen LogP contribution in [0.4, 0.5) is 9.59 Å². The number of ether oxygens (including phenoxy) is 1. The van der Waals surface area contributed by atoms with Crippen LogP contribution >= 0.6 is 0 Å². The van der Waals surface area contributed by atoms with E-state index < -0.39 is 12.2 Å². The molecule has 0 aliphatic heterocycles. The second kappa shape index (κ2) is 10.6. The highest BCUT2D eigenvalue weighted by Crippen LogP contribution is 2.18. The number of benzene rings is 1. The molecule has 2 amide bonds. The highest BCUT2D eigenvalue weighted by atomic mass is 16.5. The number of hydrogen-bond donors (Lipinski definition) is 4. The Morgan fingerprint density at radius 2 is 1.80 bits per heavy atom. The van der Waals surface area contributed by atoms with Crippen molar-refractivity contribution in [3.05, 3.63) is 35.9 Å². The summed E-state index contributed by atoms with van der Waals surface area (Å²) in [6.45, 7) is 1.50. The van der Waals surface area contributed by atoms with Gasteiger partial charge < -0.3 is 25.8 Å². The van der Waals surface area contributed by atoms with Crippen molar-refractivity contribution >= 4 is 12.2 Å². The molecule has 138 valence electrons. The Hall–Kier alpha value is -2.28. The molecule has 2 atom stereocenters. The van der Waals surface area contributed by atoms with E-state index in [0.717, 1.165) is 44.2 Å². The van der Waals surface area contributed by atoms with Gasteiger partial charge in [-0.05, 0) is 31.4 Å². The molecular formula is C18H27N3O4. The molecule has 4 N–H and O–H groups in total. The molecule has 1 fully saturated rings. The number of carboxylic acid groups (broad SMARTS) is 1. The Bertz CT molecular complexity index is 538. The zero-order valence-corrected chi connectivity index (χ0v) is 14.4. The molecule has 0 bridgehead atoms. The highest BCUT2D eigenvalue weighted by molar-refractivity contribution is 5.67. The van der Waals surface area contributed by atoms with Gasteiger partial charge in [-0.15, -0.1) is 0 Å². The second-order valence-electron chi connectivity index (χ2n) is 6.24. The van der Waals surface area contributed by atoms with Crippen LogP contribution in [0.15, 0.2) is 30.3 Å². The Kier molecular flexibility index (Phi) is 8.04. The molecule has 1 saturated carbocycles. The normalized spacial score (nSPS) is 19.8. The summed E-state index contributed by atoms with van der Waals surface area (Å²) in [5, 5.41) is 17.6. The Morgan fingerprint density at radius 3 is 2.52 bits per heavy atom. The molecule has 25 heavy (non-hydrogen) atoms. The number of amides is 2. The summed E-state index contributed by atoms with van der Waals surface area (Å²) in [6, 6.07) is 9.66. The average Bonchev–Trinajstić information content (AvgIpc) is 2.61. The lowest BCUT2D eigenvalue weighted by molar-refractivity contribution is 0.139. The van der Waals surface area contributed by atoms with Crippen LogP contribution in [-0.4, -0.2) is 42.5 Å². The van der Waals surface area contributed by atoms with E-state index in [1.54, 1.807) is 0 Å². The van der Waals surface area contributed by atoms with Crippen molar-refractivity contribution in [2.24, 2.45) is 0 Å². The first-order valence-corrected chi connectivity index (χ1v) is 8.82. The van der Waals surface area contributed by atoms with Crippen LogP contribution in [0, 0.1) is 0 Å². The molecule has 0 saturated heterocycles. The van der Waals surface area contributed by atoms with E-state index in [0.29, 0.717) is 6.54 Å². The summed E-state index contributed by atoms with van der Waals surface area (Å²) >= 11 is 0. The fourth-order valence-corrected chi connectivity index (χ4v) is 3.05. The fraction of sp³-hybridized carbons (Fsp3) is 0.556. The molecule has 1 aliphatic carbocycles. The largest absolute Gasteiger partial charge is 0.465 e. The van der Waals surface area contributed by atoms with Crippen molar-refractivity contribution in [3.63, 3.8) is 0 Å². The quantitative estimate of drug-likeness (QED) is 0.540. The summed E-state index contributed by atoms with van der Waals surface area (Å²) in [4.78, 5) is 22.5.